The van der Waals surface area contributed by atoms with Crippen molar-refractivity contribution in [3.05, 3.63) is 49.9 Å². The molecule has 6 nitrogen and oxygen atoms in total. The van der Waals surface area contributed by atoms with E-state index in [1.54, 1.807) is 6.07 Å². The summed E-state index contributed by atoms with van der Waals surface area (Å²) in [6, 6.07) is 7.35. The largest absolute Gasteiger partial charge is 0.504 e. The second-order valence-corrected chi connectivity index (χ2v) is 7.19. The van der Waals surface area contributed by atoms with Crippen molar-refractivity contribution in [2.75, 3.05) is 13.7 Å². The molecule has 8 heteroatoms. The summed E-state index contributed by atoms with van der Waals surface area (Å²) in [5, 5.41) is 14.0. The van der Waals surface area contributed by atoms with E-state index in [4.69, 9.17) is 9.47 Å². The number of hydrazone groups is 1. The van der Waals surface area contributed by atoms with Crippen LogP contribution in [0.4, 0.5) is 0 Å². The number of halogens is 2. The minimum Gasteiger partial charge on any atom is -0.504 e. The third-order valence-corrected chi connectivity index (χ3v) is 5.37. The minimum atomic E-state index is -0.419. The Morgan fingerprint density at radius 1 is 1.23 bits per heavy atom. The van der Waals surface area contributed by atoms with Gasteiger partial charge in [0.15, 0.2) is 18.1 Å². The number of carbonyl (C=O) groups is 1. The number of nitrogens with zero attached hydrogens (tertiary/aromatic N) is 1. The molecular weight excluding hydrogens is 468 g/mol. The SMILES string of the molecule is COc1cc(Br)c(Br)c(/C=N\NC(=O)COc2cc(C)cc(C)c2)c1O. The molecule has 0 aliphatic rings. The molecule has 0 unspecified atom stereocenters. The lowest BCUT2D eigenvalue weighted by atomic mass is 10.1. The maximum Gasteiger partial charge on any atom is 0.277 e. The Hall–Kier alpha value is -2.06. The van der Waals surface area contributed by atoms with Crippen LogP contribution in [-0.4, -0.2) is 30.9 Å². The van der Waals surface area contributed by atoms with Gasteiger partial charge in [0.05, 0.1) is 18.9 Å². The lowest BCUT2D eigenvalue weighted by Gasteiger charge is -2.10. The van der Waals surface area contributed by atoms with Gasteiger partial charge < -0.3 is 14.6 Å². The van der Waals surface area contributed by atoms with E-state index in [-0.39, 0.29) is 18.1 Å². The summed E-state index contributed by atoms with van der Waals surface area (Å²) < 4.78 is 11.8. The lowest BCUT2D eigenvalue weighted by molar-refractivity contribution is -0.123. The molecule has 2 aromatic carbocycles. The van der Waals surface area contributed by atoms with E-state index >= 15 is 0 Å². The molecule has 0 aromatic heterocycles. The number of rotatable bonds is 6. The van der Waals surface area contributed by atoms with E-state index in [1.165, 1.54) is 13.3 Å². The van der Waals surface area contributed by atoms with E-state index < -0.39 is 5.91 Å². The zero-order valence-electron chi connectivity index (χ0n) is 14.5. The van der Waals surface area contributed by atoms with Crippen LogP contribution >= 0.6 is 31.9 Å². The molecule has 138 valence electrons. The molecule has 2 N–H and O–H groups in total. The van der Waals surface area contributed by atoms with Crippen molar-refractivity contribution in [3.8, 4) is 17.2 Å². The van der Waals surface area contributed by atoms with Gasteiger partial charge >= 0.3 is 0 Å². The van der Waals surface area contributed by atoms with Crippen molar-refractivity contribution in [1.82, 2.24) is 5.43 Å². The van der Waals surface area contributed by atoms with E-state index in [9.17, 15) is 9.90 Å². The van der Waals surface area contributed by atoms with Gasteiger partial charge in [-0.2, -0.15) is 5.10 Å². The van der Waals surface area contributed by atoms with Crippen molar-refractivity contribution in [2.45, 2.75) is 13.8 Å². The fraction of sp³-hybridized carbons (Fsp3) is 0.222. The Bertz CT molecular complexity index is 833. The number of amides is 1. The Balaban J connectivity index is 2.00. The molecule has 0 atom stereocenters. The normalized spacial score (nSPS) is 10.8. The number of carbonyl (C=O) groups excluding carboxylic acids is 1. The van der Waals surface area contributed by atoms with Crippen molar-refractivity contribution < 1.29 is 19.4 Å². The molecule has 2 rings (SSSR count). The molecule has 0 fully saturated rings. The Labute approximate surface area is 168 Å². The number of hydrogen-bond acceptors (Lipinski definition) is 5. The molecular formula is C18H18Br2N2O4. The molecule has 1 amide bonds. The van der Waals surface area contributed by atoms with Crippen molar-refractivity contribution in [3.63, 3.8) is 0 Å². The summed E-state index contributed by atoms with van der Waals surface area (Å²) in [6.07, 6.45) is 1.32. The highest BCUT2D eigenvalue weighted by Crippen LogP contribution is 2.39. The number of aryl methyl sites for hydroxylation is 2. The number of aromatic hydroxyl groups is 1. The van der Waals surface area contributed by atoms with Gasteiger partial charge in [-0.25, -0.2) is 5.43 Å². The quantitative estimate of drug-likeness (QED) is 0.477. The fourth-order valence-corrected chi connectivity index (χ4v) is 3.08. The van der Waals surface area contributed by atoms with Gasteiger partial charge in [0.2, 0.25) is 0 Å². The standard InChI is InChI=1S/C18H18Br2N2O4/c1-10-4-11(2)6-12(5-10)26-9-16(23)22-21-8-13-17(20)14(19)7-15(25-3)18(13)24/h4-8,24H,9H2,1-3H3,(H,22,23)/b21-8-. The van der Waals surface area contributed by atoms with Crippen molar-refractivity contribution in [2.24, 2.45) is 5.10 Å². The van der Waals surface area contributed by atoms with Gasteiger partial charge in [0.1, 0.15) is 5.75 Å². The van der Waals surface area contributed by atoms with E-state index in [0.29, 0.717) is 20.3 Å². The molecule has 0 saturated heterocycles. The van der Waals surface area contributed by atoms with E-state index in [0.717, 1.165) is 11.1 Å². The van der Waals surface area contributed by atoms with Gasteiger partial charge in [-0.3, -0.25) is 4.79 Å². The highest BCUT2D eigenvalue weighted by atomic mass is 79.9. The third kappa shape index (κ3) is 5.22. The molecule has 0 saturated carbocycles. The van der Waals surface area contributed by atoms with Crippen LogP contribution in [-0.2, 0) is 4.79 Å². The second-order valence-electron chi connectivity index (χ2n) is 5.54. The molecule has 0 aliphatic heterocycles. The Morgan fingerprint density at radius 3 is 2.50 bits per heavy atom. The van der Waals surface area contributed by atoms with Gasteiger partial charge in [-0.1, -0.05) is 6.07 Å². The second kappa shape index (κ2) is 9.05. The number of methoxy groups -OCH3 is 1. The summed E-state index contributed by atoms with van der Waals surface area (Å²) in [4.78, 5) is 11.9. The summed E-state index contributed by atoms with van der Waals surface area (Å²) in [5.41, 5.74) is 4.84. The van der Waals surface area contributed by atoms with Crippen LogP contribution in [0.1, 0.15) is 16.7 Å². The summed E-state index contributed by atoms with van der Waals surface area (Å²) in [7, 11) is 1.45. The molecule has 0 heterocycles. The summed E-state index contributed by atoms with van der Waals surface area (Å²) in [6.45, 7) is 3.75. The number of hydrogen-bond donors (Lipinski definition) is 2. The van der Waals surface area contributed by atoms with Crippen LogP contribution in [0.25, 0.3) is 0 Å². The van der Waals surface area contributed by atoms with Gasteiger partial charge in [0.25, 0.3) is 5.91 Å². The molecule has 0 spiro atoms. The fourth-order valence-electron chi connectivity index (χ4n) is 2.25. The number of phenols is 1. The minimum absolute atomic E-state index is 0.0907. The average Bonchev–Trinajstić information content (AvgIpc) is 2.58. The zero-order chi connectivity index (χ0) is 19.3. The highest BCUT2D eigenvalue weighted by Gasteiger charge is 2.14. The number of nitrogens with one attached hydrogen (secondary N) is 1. The van der Waals surface area contributed by atoms with Crippen LogP contribution in [0.3, 0.4) is 0 Å². The van der Waals surface area contributed by atoms with Crippen molar-refractivity contribution >= 4 is 44.0 Å². The number of phenolic OH excluding ortho intramolecular Hbond substituents is 1. The molecule has 0 bridgehead atoms. The first-order chi connectivity index (χ1) is 12.3. The first kappa shape index (κ1) is 20.3. The highest BCUT2D eigenvalue weighted by molar-refractivity contribution is 9.13. The smallest absolute Gasteiger partial charge is 0.277 e. The predicted octanol–water partition coefficient (Wildman–Crippen LogP) is 4.07. The Kier molecular flexibility index (Phi) is 7.05. The first-order valence-corrected chi connectivity index (χ1v) is 9.18. The van der Waals surface area contributed by atoms with Gasteiger partial charge in [0, 0.05) is 8.95 Å². The maximum atomic E-state index is 11.9. The lowest BCUT2D eigenvalue weighted by Crippen LogP contribution is -2.24. The first-order valence-electron chi connectivity index (χ1n) is 7.59. The van der Waals surface area contributed by atoms with E-state index in [2.05, 4.69) is 42.4 Å². The average molecular weight is 486 g/mol. The van der Waals surface area contributed by atoms with Crippen LogP contribution in [0, 0.1) is 13.8 Å². The zero-order valence-corrected chi connectivity index (χ0v) is 17.6. The molecule has 26 heavy (non-hydrogen) atoms. The summed E-state index contributed by atoms with van der Waals surface area (Å²) in [5.74, 6) is 0.398. The monoisotopic (exact) mass is 484 g/mol. The molecule has 0 radical (unpaired) electrons. The third-order valence-electron chi connectivity index (χ3n) is 3.36. The van der Waals surface area contributed by atoms with Crippen LogP contribution in [0.2, 0.25) is 0 Å². The van der Waals surface area contributed by atoms with Crippen molar-refractivity contribution in [1.29, 1.82) is 0 Å². The number of benzene rings is 2. The van der Waals surface area contributed by atoms with Gasteiger partial charge in [-0.05, 0) is 75.0 Å². The topological polar surface area (TPSA) is 80.2 Å². The molecule has 2 aromatic rings. The maximum absolute atomic E-state index is 11.9. The number of ether oxygens (including phenoxy) is 2. The summed E-state index contributed by atoms with van der Waals surface area (Å²) >= 11 is 6.69. The predicted molar refractivity (Wildman–Crippen MR) is 107 cm³/mol. The van der Waals surface area contributed by atoms with Crippen LogP contribution in [0.15, 0.2) is 38.3 Å². The van der Waals surface area contributed by atoms with Crippen LogP contribution < -0.4 is 14.9 Å². The molecule has 0 aliphatic carbocycles. The van der Waals surface area contributed by atoms with Gasteiger partial charge in [-0.15, -0.1) is 0 Å². The van der Waals surface area contributed by atoms with E-state index in [1.807, 2.05) is 32.0 Å². The Morgan fingerprint density at radius 2 is 1.88 bits per heavy atom. The van der Waals surface area contributed by atoms with Crippen LogP contribution in [0.5, 0.6) is 17.2 Å².